The number of fused-ring (bicyclic) bond motifs is 1. The minimum Gasteiger partial charge on any atom is -0.336 e. The molecule has 0 radical (unpaired) electrons. The highest BCUT2D eigenvalue weighted by Crippen LogP contribution is 2.24. The number of aromatic nitrogens is 3. The van der Waals surface area contributed by atoms with E-state index in [9.17, 15) is 14.4 Å². The highest BCUT2D eigenvalue weighted by molar-refractivity contribution is 5.97. The van der Waals surface area contributed by atoms with Gasteiger partial charge in [-0.05, 0) is 31.9 Å². The summed E-state index contributed by atoms with van der Waals surface area (Å²) in [5.74, 6) is 0.134. The number of nitrogens with zero attached hydrogens (tertiary/aromatic N) is 4. The van der Waals surface area contributed by atoms with E-state index >= 15 is 0 Å². The van der Waals surface area contributed by atoms with E-state index in [1.54, 1.807) is 11.9 Å². The maximum atomic E-state index is 12.8. The number of likely N-dealkylation sites (tertiary alicyclic amines) is 1. The van der Waals surface area contributed by atoms with Crippen LogP contribution >= 0.6 is 0 Å². The molecule has 2 N–H and O–H groups in total. The Bertz CT molecular complexity index is 930. The van der Waals surface area contributed by atoms with Crippen molar-refractivity contribution >= 4 is 16.9 Å². The number of aryl methyl sites for hydroxylation is 1. The molecule has 8 heteroatoms. The van der Waals surface area contributed by atoms with Gasteiger partial charge in [0.05, 0.1) is 10.9 Å². The molecule has 128 valence electrons. The average molecular weight is 331 g/mol. The van der Waals surface area contributed by atoms with E-state index in [2.05, 4.69) is 4.98 Å². The zero-order chi connectivity index (χ0) is 17.6. The van der Waals surface area contributed by atoms with Gasteiger partial charge in [0.1, 0.15) is 5.65 Å². The van der Waals surface area contributed by atoms with Gasteiger partial charge in [-0.25, -0.2) is 9.78 Å². The first-order valence-electron chi connectivity index (χ1n) is 7.92. The van der Waals surface area contributed by atoms with Crippen molar-refractivity contribution in [3.8, 4) is 0 Å². The van der Waals surface area contributed by atoms with Crippen LogP contribution in [0.3, 0.4) is 0 Å². The third-order valence-corrected chi connectivity index (χ3v) is 4.80. The Kier molecular flexibility index (Phi) is 4.00. The maximum Gasteiger partial charge on any atom is 0.332 e. The largest absolute Gasteiger partial charge is 0.336 e. The van der Waals surface area contributed by atoms with E-state index in [0.717, 1.165) is 11.0 Å². The van der Waals surface area contributed by atoms with Gasteiger partial charge in [-0.3, -0.25) is 18.7 Å². The van der Waals surface area contributed by atoms with Gasteiger partial charge in [0.2, 0.25) is 0 Å². The van der Waals surface area contributed by atoms with Crippen molar-refractivity contribution in [3.63, 3.8) is 0 Å². The Morgan fingerprint density at radius 1 is 1.33 bits per heavy atom. The number of pyridine rings is 1. The minimum absolute atomic E-state index is 0.102. The number of hydrogen-bond donors (Lipinski definition) is 1. The quantitative estimate of drug-likeness (QED) is 0.795. The topological polar surface area (TPSA) is 103 Å². The standard InChI is InChI=1S/C16H21N5O3/c1-9-4-10(6-17)8-21(9)14(22)11-5-12-13(18-7-11)19(2)16(24)20(3)15(12)23/h5,7,9-10H,4,6,8,17H2,1-3H3. The Labute approximate surface area is 138 Å². The van der Waals surface area contributed by atoms with E-state index in [1.165, 1.54) is 23.9 Å². The number of hydrogen-bond acceptors (Lipinski definition) is 5. The summed E-state index contributed by atoms with van der Waals surface area (Å²) in [6, 6.07) is 1.62. The predicted octanol–water partition coefficient (Wildman–Crippen LogP) is -0.558. The first-order valence-corrected chi connectivity index (χ1v) is 7.92. The van der Waals surface area contributed by atoms with E-state index in [4.69, 9.17) is 5.73 Å². The van der Waals surface area contributed by atoms with Crippen molar-refractivity contribution in [2.24, 2.45) is 25.7 Å². The monoisotopic (exact) mass is 331 g/mol. The zero-order valence-electron chi connectivity index (χ0n) is 14.0. The van der Waals surface area contributed by atoms with E-state index in [0.29, 0.717) is 24.6 Å². The molecule has 2 aromatic heterocycles. The first-order chi connectivity index (χ1) is 11.3. The summed E-state index contributed by atoms with van der Waals surface area (Å²) < 4.78 is 2.31. The van der Waals surface area contributed by atoms with Crippen LogP contribution in [-0.4, -0.2) is 44.1 Å². The number of amides is 1. The molecular formula is C16H21N5O3. The molecule has 3 heterocycles. The summed E-state index contributed by atoms with van der Waals surface area (Å²) in [5.41, 5.74) is 5.43. The molecule has 1 aliphatic heterocycles. The van der Waals surface area contributed by atoms with Gasteiger partial charge in [0.15, 0.2) is 0 Å². The van der Waals surface area contributed by atoms with Crippen LogP contribution < -0.4 is 17.0 Å². The third-order valence-electron chi connectivity index (χ3n) is 4.80. The van der Waals surface area contributed by atoms with Crippen LogP contribution in [0.2, 0.25) is 0 Å². The Balaban J connectivity index is 2.07. The molecule has 1 saturated heterocycles. The van der Waals surface area contributed by atoms with Crippen molar-refractivity contribution in [2.45, 2.75) is 19.4 Å². The van der Waals surface area contributed by atoms with Crippen LogP contribution in [0.1, 0.15) is 23.7 Å². The van der Waals surface area contributed by atoms with Crippen molar-refractivity contribution < 1.29 is 4.79 Å². The smallest absolute Gasteiger partial charge is 0.332 e. The Morgan fingerprint density at radius 3 is 2.67 bits per heavy atom. The fourth-order valence-electron chi connectivity index (χ4n) is 3.34. The van der Waals surface area contributed by atoms with Gasteiger partial charge in [0.25, 0.3) is 11.5 Å². The lowest BCUT2D eigenvalue weighted by Crippen LogP contribution is -2.38. The summed E-state index contributed by atoms with van der Waals surface area (Å²) in [7, 11) is 2.96. The van der Waals surface area contributed by atoms with Crippen LogP contribution in [0.15, 0.2) is 21.9 Å². The van der Waals surface area contributed by atoms with E-state index < -0.39 is 11.2 Å². The molecule has 8 nitrogen and oxygen atoms in total. The van der Waals surface area contributed by atoms with Crippen LogP contribution in [0, 0.1) is 5.92 Å². The van der Waals surface area contributed by atoms with Gasteiger partial charge >= 0.3 is 5.69 Å². The molecule has 24 heavy (non-hydrogen) atoms. The first kappa shape index (κ1) is 16.4. The molecule has 3 rings (SSSR count). The molecule has 0 bridgehead atoms. The van der Waals surface area contributed by atoms with Crippen molar-refractivity contribution in [3.05, 3.63) is 38.7 Å². The normalized spacial score (nSPS) is 20.8. The zero-order valence-corrected chi connectivity index (χ0v) is 14.0. The average Bonchev–Trinajstić information content (AvgIpc) is 2.97. The van der Waals surface area contributed by atoms with Gasteiger partial charge < -0.3 is 10.6 Å². The number of nitrogens with two attached hydrogens (primary N) is 1. The molecule has 1 fully saturated rings. The second-order valence-corrected chi connectivity index (χ2v) is 6.44. The lowest BCUT2D eigenvalue weighted by atomic mass is 10.1. The van der Waals surface area contributed by atoms with Crippen molar-refractivity contribution in [1.82, 2.24) is 19.0 Å². The fraction of sp³-hybridized carbons (Fsp3) is 0.500. The van der Waals surface area contributed by atoms with Gasteiger partial charge in [-0.1, -0.05) is 0 Å². The van der Waals surface area contributed by atoms with Crippen LogP contribution in [0.25, 0.3) is 11.0 Å². The molecular weight excluding hydrogens is 310 g/mol. The van der Waals surface area contributed by atoms with Gasteiger partial charge in [-0.15, -0.1) is 0 Å². The van der Waals surface area contributed by atoms with Crippen LogP contribution in [-0.2, 0) is 14.1 Å². The van der Waals surface area contributed by atoms with Crippen molar-refractivity contribution in [1.29, 1.82) is 0 Å². The molecule has 2 unspecified atom stereocenters. The second kappa shape index (κ2) is 5.86. The van der Waals surface area contributed by atoms with E-state index in [1.807, 2.05) is 6.92 Å². The number of rotatable bonds is 2. The SMILES string of the molecule is CC1CC(CN)CN1C(=O)c1cnc2c(c1)c(=O)n(C)c(=O)n2C. The van der Waals surface area contributed by atoms with Gasteiger partial charge in [-0.2, -0.15) is 0 Å². The third kappa shape index (κ3) is 2.43. The molecule has 2 atom stereocenters. The second-order valence-electron chi connectivity index (χ2n) is 6.44. The highest BCUT2D eigenvalue weighted by Gasteiger charge is 2.32. The maximum absolute atomic E-state index is 12.8. The summed E-state index contributed by atoms with van der Waals surface area (Å²) in [6.07, 6.45) is 2.30. The molecule has 0 spiro atoms. The summed E-state index contributed by atoms with van der Waals surface area (Å²) in [6.45, 7) is 3.15. The molecule has 2 aromatic rings. The predicted molar refractivity (Wildman–Crippen MR) is 89.9 cm³/mol. The minimum atomic E-state index is -0.454. The van der Waals surface area contributed by atoms with E-state index in [-0.39, 0.29) is 23.0 Å². The Hall–Kier alpha value is -2.48. The summed E-state index contributed by atoms with van der Waals surface area (Å²) in [4.78, 5) is 43.0. The molecule has 0 aliphatic carbocycles. The van der Waals surface area contributed by atoms with Crippen LogP contribution in [0.5, 0.6) is 0 Å². The lowest BCUT2D eigenvalue weighted by Gasteiger charge is -2.21. The molecule has 0 saturated carbocycles. The molecule has 0 aromatic carbocycles. The lowest BCUT2D eigenvalue weighted by molar-refractivity contribution is 0.0743. The van der Waals surface area contributed by atoms with Crippen LogP contribution in [0.4, 0.5) is 0 Å². The molecule has 1 amide bonds. The summed E-state index contributed by atoms with van der Waals surface area (Å²) in [5, 5.41) is 0.257. The number of carbonyl (C=O) groups excluding carboxylic acids is 1. The number of carbonyl (C=O) groups is 1. The highest BCUT2D eigenvalue weighted by atomic mass is 16.2. The summed E-state index contributed by atoms with van der Waals surface area (Å²) >= 11 is 0. The fourth-order valence-corrected chi connectivity index (χ4v) is 3.34. The Morgan fingerprint density at radius 2 is 2.04 bits per heavy atom. The van der Waals surface area contributed by atoms with Crippen molar-refractivity contribution in [2.75, 3.05) is 13.1 Å². The molecule has 1 aliphatic rings. The van der Waals surface area contributed by atoms with Gasteiger partial charge in [0, 0.05) is 32.9 Å².